The second-order valence-electron chi connectivity index (χ2n) is 11.8. The van der Waals surface area contributed by atoms with Crippen LogP contribution in [0.2, 0.25) is 0 Å². The average molecular weight is 670 g/mol. The van der Waals surface area contributed by atoms with Gasteiger partial charge in [-0.25, -0.2) is 0 Å². The van der Waals surface area contributed by atoms with Gasteiger partial charge in [0.15, 0.2) is 0 Å². The third kappa shape index (κ3) is 28.0. The van der Waals surface area contributed by atoms with Crippen LogP contribution in [-0.4, -0.2) is 25.5 Å². The molecule has 9 heteroatoms. The molecule has 0 N–H and O–H groups in total. The summed E-state index contributed by atoms with van der Waals surface area (Å²) in [5.74, 6) is 1.28. The SMILES string of the molecule is CCCCC(CC)COP(=O)([O-])CC(CC)CCCC.CCCCC(CC)COP(=O)([O-])CC(CC)CCCC.[Ni+2]. The van der Waals surface area contributed by atoms with E-state index in [0.717, 1.165) is 103 Å². The Morgan fingerprint density at radius 3 is 0.951 bits per heavy atom. The van der Waals surface area contributed by atoms with Gasteiger partial charge in [0, 0.05) is 12.3 Å². The number of hydrogen-bond donors (Lipinski definition) is 0. The van der Waals surface area contributed by atoms with Gasteiger partial charge in [0.2, 0.25) is 0 Å². The van der Waals surface area contributed by atoms with E-state index in [1.54, 1.807) is 0 Å². The molecule has 0 rings (SSSR count). The zero-order valence-electron chi connectivity index (χ0n) is 28.1. The first-order chi connectivity index (χ1) is 19.0. The summed E-state index contributed by atoms with van der Waals surface area (Å²) < 4.78 is 34.7. The Balaban J connectivity index is -0.000000688. The molecule has 0 amide bonds. The molecule has 252 valence electrons. The van der Waals surface area contributed by atoms with Crippen molar-refractivity contribution in [1.82, 2.24) is 0 Å². The van der Waals surface area contributed by atoms with Crippen LogP contribution in [-0.2, 0) is 34.7 Å². The van der Waals surface area contributed by atoms with Gasteiger partial charge in [-0.15, -0.1) is 0 Å². The molecule has 0 aliphatic rings. The normalized spacial score (nSPS) is 17.2. The van der Waals surface area contributed by atoms with Gasteiger partial charge in [0.1, 0.15) is 15.2 Å². The Hall–Kier alpha value is 0.794. The number of unbranched alkanes of at least 4 members (excludes halogenated alkanes) is 4. The first-order valence-corrected chi connectivity index (χ1v) is 20.3. The van der Waals surface area contributed by atoms with E-state index in [-0.39, 0.29) is 40.7 Å². The zero-order valence-corrected chi connectivity index (χ0v) is 30.9. The molecule has 6 nitrogen and oxygen atoms in total. The summed E-state index contributed by atoms with van der Waals surface area (Å²) in [5, 5.41) is 0. The van der Waals surface area contributed by atoms with Crippen LogP contribution in [0, 0.1) is 23.7 Å². The van der Waals surface area contributed by atoms with Gasteiger partial charge >= 0.3 is 16.5 Å². The molecular weight excluding hydrogens is 601 g/mol. The van der Waals surface area contributed by atoms with E-state index in [9.17, 15) is 18.9 Å². The Bertz CT molecular complexity index is 598. The average Bonchev–Trinajstić information content (AvgIpc) is 2.93. The van der Waals surface area contributed by atoms with Crippen LogP contribution in [0.15, 0.2) is 0 Å². The molecule has 6 atom stereocenters. The summed E-state index contributed by atoms with van der Waals surface area (Å²) in [6.45, 7) is 17.7. The van der Waals surface area contributed by atoms with Crippen molar-refractivity contribution >= 4 is 15.2 Å². The Morgan fingerprint density at radius 2 is 0.732 bits per heavy atom. The van der Waals surface area contributed by atoms with Crippen molar-refractivity contribution in [3.05, 3.63) is 0 Å². The molecule has 0 aliphatic heterocycles. The molecule has 0 saturated heterocycles. The molecular formula is C32H68NiO6P2. The molecule has 0 spiro atoms. The van der Waals surface area contributed by atoms with Gasteiger partial charge < -0.3 is 28.0 Å². The predicted molar refractivity (Wildman–Crippen MR) is 170 cm³/mol. The van der Waals surface area contributed by atoms with E-state index in [4.69, 9.17) is 9.05 Å². The van der Waals surface area contributed by atoms with E-state index >= 15 is 0 Å². The quantitative estimate of drug-likeness (QED) is 0.0672. The minimum atomic E-state index is -3.65. The molecule has 0 heterocycles. The molecule has 0 aromatic rings. The topological polar surface area (TPSA) is 98.7 Å². The maximum Gasteiger partial charge on any atom is 2.00 e. The smallest absolute Gasteiger partial charge is 0.778 e. The van der Waals surface area contributed by atoms with Crippen LogP contribution in [0.25, 0.3) is 0 Å². The van der Waals surface area contributed by atoms with E-state index in [2.05, 4.69) is 55.4 Å². The van der Waals surface area contributed by atoms with Gasteiger partial charge in [0.25, 0.3) is 0 Å². The maximum absolute atomic E-state index is 12.1. The third-order valence-corrected chi connectivity index (χ3v) is 11.2. The van der Waals surface area contributed by atoms with Gasteiger partial charge in [-0.3, -0.25) is 0 Å². The molecule has 0 aliphatic carbocycles. The first kappa shape index (κ1) is 46.2. The summed E-state index contributed by atoms with van der Waals surface area (Å²) >= 11 is 0. The van der Waals surface area contributed by atoms with Crippen LogP contribution in [0.4, 0.5) is 0 Å². The molecule has 0 aromatic heterocycles. The third-order valence-electron chi connectivity index (χ3n) is 8.15. The van der Waals surface area contributed by atoms with Gasteiger partial charge in [-0.05, 0) is 49.4 Å². The second-order valence-corrected chi connectivity index (χ2v) is 15.5. The monoisotopic (exact) mass is 668 g/mol. The van der Waals surface area contributed by atoms with Crippen molar-refractivity contribution in [3.8, 4) is 0 Å². The Labute approximate surface area is 266 Å². The number of hydrogen-bond acceptors (Lipinski definition) is 6. The second kappa shape index (κ2) is 29.5. The molecule has 0 aromatic carbocycles. The predicted octanol–water partition coefficient (Wildman–Crippen LogP) is 9.98. The van der Waals surface area contributed by atoms with Crippen LogP contribution >= 0.6 is 15.2 Å². The Morgan fingerprint density at radius 1 is 0.488 bits per heavy atom. The van der Waals surface area contributed by atoms with Crippen LogP contribution in [0.3, 0.4) is 0 Å². The summed E-state index contributed by atoms with van der Waals surface area (Å²) in [6.07, 6.45) is 17.4. The van der Waals surface area contributed by atoms with Crippen molar-refractivity contribution in [2.24, 2.45) is 23.7 Å². The largest absolute Gasteiger partial charge is 2.00 e. The molecule has 6 unspecified atom stereocenters. The number of rotatable bonds is 26. The standard InChI is InChI=1S/2C16H35O3P.Ni/c2*1-5-9-11-15(7-3)13-19-20(17,18)14-16(8-4)12-10-6-2;/h2*15-16H,5-14H2,1-4H3,(H,17,18);/q;;+2/p-2. The summed E-state index contributed by atoms with van der Waals surface area (Å²) in [5.41, 5.74) is 0. The van der Waals surface area contributed by atoms with E-state index in [1.165, 1.54) is 0 Å². The van der Waals surface area contributed by atoms with Crippen LogP contribution in [0.5, 0.6) is 0 Å². The van der Waals surface area contributed by atoms with Crippen molar-refractivity contribution in [2.45, 2.75) is 158 Å². The maximum atomic E-state index is 12.1. The Kier molecular flexibility index (Phi) is 33.3. The van der Waals surface area contributed by atoms with Crippen LogP contribution < -0.4 is 9.79 Å². The van der Waals surface area contributed by atoms with E-state index in [0.29, 0.717) is 25.0 Å². The fraction of sp³-hybridized carbons (Fsp3) is 1.00. The van der Waals surface area contributed by atoms with E-state index < -0.39 is 15.2 Å². The van der Waals surface area contributed by atoms with Gasteiger partial charge in [-0.2, -0.15) is 0 Å². The van der Waals surface area contributed by atoms with Gasteiger partial charge in [-0.1, -0.05) is 132 Å². The van der Waals surface area contributed by atoms with Crippen molar-refractivity contribution in [3.63, 3.8) is 0 Å². The molecule has 0 bridgehead atoms. The summed E-state index contributed by atoms with van der Waals surface area (Å²) in [4.78, 5) is 24.1. The molecule has 0 fully saturated rings. The first-order valence-electron chi connectivity index (χ1n) is 16.9. The summed E-state index contributed by atoms with van der Waals surface area (Å²) in [6, 6.07) is 0. The fourth-order valence-electron chi connectivity index (χ4n) is 4.81. The zero-order chi connectivity index (χ0) is 30.9. The van der Waals surface area contributed by atoms with E-state index in [1.807, 2.05) is 0 Å². The summed E-state index contributed by atoms with van der Waals surface area (Å²) in [7, 11) is -7.31. The minimum absolute atomic E-state index is 0. The van der Waals surface area contributed by atoms with Crippen LogP contribution in [0.1, 0.15) is 158 Å². The molecule has 0 saturated carbocycles. The van der Waals surface area contributed by atoms with Crippen molar-refractivity contribution in [1.29, 1.82) is 0 Å². The fourth-order valence-corrected chi connectivity index (χ4v) is 8.04. The molecule has 41 heavy (non-hydrogen) atoms. The van der Waals surface area contributed by atoms with Gasteiger partial charge in [0.05, 0.1) is 13.2 Å². The molecule has 0 radical (unpaired) electrons. The minimum Gasteiger partial charge on any atom is -0.778 e. The van der Waals surface area contributed by atoms with Crippen molar-refractivity contribution < 1.29 is 44.5 Å². The van der Waals surface area contributed by atoms with Crippen molar-refractivity contribution in [2.75, 3.05) is 25.5 Å².